The molecule has 2 bridgehead atoms. The van der Waals surface area contributed by atoms with Gasteiger partial charge in [0.1, 0.15) is 5.54 Å². The van der Waals surface area contributed by atoms with E-state index < -0.39 is 11.5 Å². The minimum absolute atomic E-state index is 0.509. The SMILES string of the molecule is CCN(C1CC2CCC1C2)C(C)(C)C(=O)O. The van der Waals surface area contributed by atoms with Crippen molar-refractivity contribution in [2.75, 3.05) is 6.54 Å². The number of hydrogen-bond donors (Lipinski definition) is 1. The Bertz CT molecular complexity index is 288. The second-order valence-corrected chi connectivity index (χ2v) is 5.89. The molecular formula is C13H23NO2. The van der Waals surface area contributed by atoms with E-state index in [1.165, 1.54) is 25.7 Å². The third kappa shape index (κ3) is 1.75. The summed E-state index contributed by atoms with van der Waals surface area (Å²) in [5, 5.41) is 9.33. The summed E-state index contributed by atoms with van der Waals surface area (Å²) in [4.78, 5) is 13.6. The highest BCUT2D eigenvalue weighted by Gasteiger charge is 2.47. The number of rotatable bonds is 4. The number of fused-ring (bicyclic) bond motifs is 2. The largest absolute Gasteiger partial charge is 0.480 e. The number of carboxylic acid groups (broad SMARTS) is 1. The zero-order chi connectivity index (χ0) is 11.9. The summed E-state index contributed by atoms with van der Waals surface area (Å²) in [5.41, 5.74) is -0.718. The first-order valence-electron chi connectivity index (χ1n) is 6.47. The monoisotopic (exact) mass is 225 g/mol. The van der Waals surface area contributed by atoms with Gasteiger partial charge in [-0.2, -0.15) is 0 Å². The van der Waals surface area contributed by atoms with Crippen molar-refractivity contribution in [1.82, 2.24) is 4.90 Å². The van der Waals surface area contributed by atoms with Gasteiger partial charge in [0, 0.05) is 6.04 Å². The molecule has 0 aromatic heterocycles. The van der Waals surface area contributed by atoms with Crippen LogP contribution in [0.25, 0.3) is 0 Å². The van der Waals surface area contributed by atoms with E-state index >= 15 is 0 Å². The molecule has 0 radical (unpaired) electrons. The quantitative estimate of drug-likeness (QED) is 0.798. The van der Waals surface area contributed by atoms with Crippen molar-refractivity contribution >= 4 is 5.97 Å². The summed E-state index contributed by atoms with van der Waals surface area (Å²) in [7, 11) is 0. The molecule has 3 atom stereocenters. The van der Waals surface area contributed by atoms with Gasteiger partial charge < -0.3 is 5.11 Å². The number of likely N-dealkylation sites (N-methyl/N-ethyl adjacent to an activating group) is 1. The first-order chi connectivity index (χ1) is 7.46. The van der Waals surface area contributed by atoms with Gasteiger partial charge in [0.05, 0.1) is 0 Å². The molecule has 92 valence electrons. The van der Waals surface area contributed by atoms with Gasteiger partial charge in [0.2, 0.25) is 0 Å². The topological polar surface area (TPSA) is 40.5 Å². The summed E-state index contributed by atoms with van der Waals surface area (Å²) in [6.07, 6.45) is 5.22. The molecule has 16 heavy (non-hydrogen) atoms. The van der Waals surface area contributed by atoms with Crippen molar-refractivity contribution in [2.45, 2.75) is 58.0 Å². The Morgan fingerprint density at radius 3 is 2.44 bits per heavy atom. The molecule has 2 fully saturated rings. The van der Waals surface area contributed by atoms with Gasteiger partial charge >= 0.3 is 5.97 Å². The second-order valence-electron chi connectivity index (χ2n) is 5.89. The maximum Gasteiger partial charge on any atom is 0.323 e. The molecule has 3 unspecified atom stereocenters. The zero-order valence-electron chi connectivity index (χ0n) is 10.6. The fraction of sp³-hybridized carbons (Fsp3) is 0.923. The Hall–Kier alpha value is -0.570. The second kappa shape index (κ2) is 4.02. The first kappa shape index (κ1) is 11.9. The molecule has 3 heteroatoms. The van der Waals surface area contributed by atoms with Crippen LogP contribution in [0.3, 0.4) is 0 Å². The predicted octanol–water partition coefficient (Wildman–Crippen LogP) is 2.36. The summed E-state index contributed by atoms with van der Waals surface area (Å²) >= 11 is 0. The van der Waals surface area contributed by atoms with E-state index in [9.17, 15) is 9.90 Å². The van der Waals surface area contributed by atoms with Crippen molar-refractivity contribution in [3.63, 3.8) is 0 Å². The van der Waals surface area contributed by atoms with Gasteiger partial charge in [-0.15, -0.1) is 0 Å². The van der Waals surface area contributed by atoms with Crippen LogP contribution < -0.4 is 0 Å². The lowest BCUT2D eigenvalue weighted by Crippen LogP contribution is -2.56. The fourth-order valence-corrected chi connectivity index (χ4v) is 3.76. The highest BCUT2D eigenvalue weighted by Crippen LogP contribution is 2.47. The Morgan fingerprint density at radius 2 is 2.06 bits per heavy atom. The maximum atomic E-state index is 11.3. The minimum atomic E-state index is -0.718. The Kier molecular flexibility index (Phi) is 2.99. The van der Waals surface area contributed by atoms with E-state index in [0.717, 1.165) is 18.4 Å². The van der Waals surface area contributed by atoms with Gasteiger partial charge in [-0.05, 0) is 51.5 Å². The highest BCUT2D eigenvalue weighted by molar-refractivity contribution is 5.77. The van der Waals surface area contributed by atoms with Crippen molar-refractivity contribution in [2.24, 2.45) is 11.8 Å². The Labute approximate surface area is 97.8 Å². The maximum absolute atomic E-state index is 11.3. The number of aliphatic carboxylic acids is 1. The molecule has 3 nitrogen and oxygen atoms in total. The number of nitrogens with zero attached hydrogens (tertiary/aromatic N) is 1. The van der Waals surface area contributed by atoms with E-state index in [-0.39, 0.29) is 0 Å². The predicted molar refractivity (Wildman–Crippen MR) is 63.3 cm³/mol. The average molecular weight is 225 g/mol. The van der Waals surface area contributed by atoms with Crippen molar-refractivity contribution in [1.29, 1.82) is 0 Å². The summed E-state index contributed by atoms with van der Waals surface area (Å²) < 4.78 is 0. The smallest absolute Gasteiger partial charge is 0.323 e. The van der Waals surface area contributed by atoms with Crippen LogP contribution >= 0.6 is 0 Å². The normalized spacial score (nSPS) is 33.6. The number of carbonyl (C=O) groups is 1. The molecule has 2 aliphatic carbocycles. The summed E-state index contributed by atoms with van der Waals surface area (Å²) in [5.74, 6) is 0.925. The van der Waals surface area contributed by atoms with Crippen LogP contribution in [0.1, 0.15) is 46.5 Å². The third-order valence-corrected chi connectivity index (χ3v) is 4.68. The van der Waals surface area contributed by atoms with Crippen LogP contribution in [-0.2, 0) is 4.79 Å². The Morgan fingerprint density at radius 1 is 1.38 bits per heavy atom. The molecule has 2 rings (SSSR count). The lowest BCUT2D eigenvalue weighted by atomic mass is 9.90. The summed E-state index contributed by atoms with van der Waals surface area (Å²) in [6.45, 7) is 6.60. The van der Waals surface area contributed by atoms with Gasteiger partial charge in [-0.25, -0.2) is 0 Å². The lowest BCUT2D eigenvalue weighted by Gasteiger charge is -2.42. The average Bonchev–Trinajstić information content (AvgIpc) is 2.79. The van der Waals surface area contributed by atoms with E-state index in [0.29, 0.717) is 6.04 Å². The number of hydrogen-bond acceptors (Lipinski definition) is 2. The van der Waals surface area contributed by atoms with Crippen LogP contribution in [0.15, 0.2) is 0 Å². The molecule has 0 aromatic carbocycles. The van der Waals surface area contributed by atoms with Gasteiger partial charge in [-0.3, -0.25) is 9.69 Å². The van der Waals surface area contributed by atoms with E-state index in [1.54, 1.807) is 0 Å². The summed E-state index contributed by atoms with van der Waals surface area (Å²) in [6, 6.07) is 0.509. The molecule has 2 aliphatic rings. The molecule has 0 spiro atoms. The van der Waals surface area contributed by atoms with E-state index in [4.69, 9.17) is 0 Å². The van der Waals surface area contributed by atoms with E-state index in [2.05, 4.69) is 11.8 Å². The van der Waals surface area contributed by atoms with Gasteiger partial charge in [0.15, 0.2) is 0 Å². The molecule has 0 saturated heterocycles. The fourth-order valence-electron chi connectivity index (χ4n) is 3.76. The van der Waals surface area contributed by atoms with Crippen molar-refractivity contribution < 1.29 is 9.90 Å². The van der Waals surface area contributed by atoms with Crippen LogP contribution in [0, 0.1) is 11.8 Å². The van der Waals surface area contributed by atoms with Crippen LogP contribution in [-0.4, -0.2) is 34.1 Å². The highest BCUT2D eigenvalue weighted by atomic mass is 16.4. The van der Waals surface area contributed by atoms with Gasteiger partial charge in [0.25, 0.3) is 0 Å². The molecule has 0 amide bonds. The molecule has 0 heterocycles. The lowest BCUT2D eigenvalue weighted by molar-refractivity contribution is -0.151. The zero-order valence-corrected chi connectivity index (χ0v) is 10.6. The number of carboxylic acids is 1. The Balaban J connectivity index is 2.14. The van der Waals surface area contributed by atoms with Crippen molar-refractivity contribution in [3.8, 4) is 0 Å². The first-order valence-corrected chi connectivity index (χ1v) is 6.47. The van der Waals surface area contributed by atoms with Crippen molar-refractivity contribution in [3.05, 3.63) is 0 Å². The van der Waals surface area contributed by atoms with Gasteiger partial charge in [-0.1, -0.05) is 13.3 Å². The van der Waals surface area contributed by atoms with Crippen LogP contribution in [0.2, 0.25) is 0 Å². The van der Waals surface area contributed by atoms with Crippen LogP contribution in [0.4, 0.5) is 0 Å². The molecular weight excluding hydrogens is 202 g/mol. The third-order valence-electron chi connectivity index (χ3n) is 4.68. The molecule has 1 N–H and O–H groups in total. The minimum Gasteiger partial charge on any atom is -0.480 e. The van der Waals surface area contributed by atoms with Crippen LogP contribution in [0.5, 0.6) is 0 Å². The molecule has 0 aromatic rings. The van der Waals surface area contributed by atoms with E-state index in [1.807, 2.05) is 13.8 Å². The molecule has 0 aliphatic heterocycles. The molecule has 2 saturated carbocycles. The standard InChI is InChI=1S/C13H23NO2/c1-4-14(13(2,3)12(15)16)11-8-9-5-6-10(11)7-9/h9-11H,4-8H2,1-3H3,(H,15,16).